The van der Waals surface area contributed by atoms with E-state index in [0.717, 1.165) is 24.7 Å². The Morgan fingerprint density at radius 3 is 2.50 bits per heavy atom. The summed E-state index contributed by atoms with van der Waals surface area (Å²) in [7, 11) is 0. The molecule has 0 spiro atoms. The van der Waals surface area contributed by atoms with Crippen LogP contribution in [0.15, 0.2) is 28.8 Å². The molecule has 0 N–H and O–H groups in total. The van der Waals surface area contributed by atoms with Gasteiger partial charge in [0.2, 0.25) is 5.89 Å². The third-order valence-corrected chi connectivity index (χ3v) is 3.95. The first kappa shape index (κ1) is 15.0. The Hall–Kier alpha value is -1.92. The lowest BCUT2D eigenvalue weighted by Crippen LogP contribution is -2.48. The molecule has 0 atom stereocenters. The molecule has 1 saturated heterocycles. The molecular formula is C15H17ClN4O2. The monoisotopic (exact) mass is 320 g/mol. The highest BCUT2D eigenvalue weighted by Crippen LogP contribution is 2.13. The molecular weight excluding hydrogens is 304 g/mol. The van der Waals surface area contributed by atoms with Crippen LogP contribution in [0.3, 0.4) is 0 Å². The standard InChI is InChI=1S/C15H17ClN4O2/c1-11-17-14(18-22-11)15(21)20-8-6-19(7-9-20)10-12-2-4-13(16)5-3-12/h2-5H,6-10H2,1H3. The largest absolute Gasteiger partial charge is 0.339 e. The fourth-order valence-electron chi connectivity index (χ4n) is 2.48. The molecule has 22 heavy (non-hydrogen) atoms. The van der Waals surface area contributed by atoms with Gasteiger partial charge in [0.05, 0.1) is 0 Å². The lowest BCUT2D eigenvalue weighted by atomic mass is 10.2. The molecule has 0 radical (unpaired) electrons. The second-order valence-electron chi connectivity index (χ2n) is 5.33. The summed E-state index contributed by atoms with van der Waals surface area (Å²) in [4.78, 5) is 20.3. The fourth-order valence-corrected chi connectivity index (χ4v) is 2.61. The first-order chi connectivity index (χ1) is 10.6. The Morgan fingerprint density at radius 2 is 1.91 bits per heavy atom. The van der Waals surface area contributed by atoms with Crippen molar-refractivity contribution in [2.75, 3.05) is 26.2 Å². The lowest BCUT2D eigenvalue weighted by molar-refractivity contribution is 0.0613. The predicted octanol–water partition coefficient (Wildman–Crippen LogP) is 1.99. The quantitative estimate of drug-likeness (QED) is 0.865. The van der Waals surface area contributed by atoms with Crippen LogP contribution in [-0.2, 0) is 6.54 Å². The zero-order valence-corrected chi connectivity index (χ0v) is 13.1. The third-order valence-electron chi connectivity index (χ3n) is 3.70. The number of hydrogen-bond donors (Lipinski definition) is 0. The molecule has 7 heteroatoms. The van der Waals surface area contributed by atoms with Gasteiger partial charge in [-0.3, -0.25) is 9.69 Å². The van der Waals surface area contributed by atoms with Gasteiger partial charge in [-0.25, -0.2) is 0 Å². The molecule has 2 aromatic rings. The maximum Gasteiger partial charge on any atom is 0.295 e. The Morgan fingerprint density at radius 1 is 1.23 bits per heavy atom. The van der Waals surface area contributed by atoms with Crippen molar-refractivity contribution in [3.05, 3.63) is 46.6 Å². The van der Waals surface area contributed by atoms with E-state index in [-0.39, 0.29) is 11.7 Å². The van der Waals surface area contributed by atoms with Crippen molar-refractivity contribution in [2.45, 2.75) is 13.5 Å². The molecule has 2 heterocycles. The van der Waals surface area contributed by atoms with Crippen LogP contribution in [0.25, 0.3) is 0 Å². The number of rotatable bonds is 3. The normalized spacial score (nSPS) is 16.0. The van der Waals surface area contributed by atoms with Crippen molar-refractivity contribution in [3.8, 4) is 0 Å². The average molecular weight is 321 g/mol. The molecule has 1 amide bonds. The Balaban J connectivity index is 1.54. The van der Waals surface area contributed by atoms with E-state index in [9.17, 15) is 4.79 Å². The van der Waals surface area contributed by atoms with E-state index in [4.69, 9.17) is 16.1 Å². The number of carbonyl (C=O) groups excluding carboxylic acids is 1. The van der Waals surface area contributed by atoms with Crippen LogP contribution in [0.4, 0.5) is 0 Å². The minimum atomic E-state index is -0.164. The Bertz CT molecular complexity index is 648. The van der Waals surface area contributed by atoms with Gasteiger partial charge >= 0.3 is 0 Å². The number of aromatic nitrogens is 2. The van der Waals surface area contributed by atoms with Gasteiger partial charge in [-0.1, -0.05) is 28.9 Å². The maximum atomic E-state index is 12.2. The first-order valence-electron chi connectivity index (χ1n) is 7.18. The SMILES string of the molecule is Cc1nc(C(=O)N2CCN(Cc3ccc(Cl)cc3)CC2)no1. The summed E-state index contributed by atoms with van der Waals surface area (Å²) in [5.74, 6) is 0.386. The molecule has 0 bridgehead atoms. The van der Waals surface area contributed by atoms with Gasteiger partial charge in [0.25, 0.3) is 11.7 Å². The van der Waals surface area contributed by atoms with Gasteiger partial charge < -0.3 is 9.42 Å². The van der Waals surface area contributed by atoms with E-state index in [1.165, 1.54) is 5.56 Å². The highest BCUT2D eigenvalue weighted by atomic mass is 35.5. The number of aryl methyl sites for hydroxylation is 1. The van der Waals surface area contributed by atoms with Crippen molar-refractivity contribution >= 4 is 17.5 Å². The van der Waals surface area contributed by atoms with Crippen molar-refractivity contribution < 1.29 is 9.32 Å². The summed E-state index contributed by atoms with van der Waals surface area (Å²) in [5.41, 5.74) is 1.22. The highest BCUT2D eigenvalue weighted by Gasteiger charge is 2.25. The smallest absolute Gasteiger partial charge is 0.295 e. The molecule has 0 saturated carbocycles. The van der Waals surface area contributed by atoms with E-state index < -0.39 is 0 Å². The molecule has 6 nitrogen and oxygen atoms in total. The maximum absolute atomic E-state index is 12.2. The minimum absolute atomic E-state index is 0.142. The summed E-state index contributed by atoms with van der Waals surface area (Å²) >= 11 is 5.89. The van der Waals surface area contributed by atoms with E-state index in [1.807, 2.05) is 24.3 Å². The minimum Gasteiger partial charge on any atom is -0.339 e. The number of nitrogens with zero attached hydrogens (tertiary/aromatic N) is 4. The lowest BCUT2D eigenvalue weighted by Gasteiger charge is -2.34. The van der Waals surface area contributed by atoms with Crippen molar-refractivity contribution in [1.82, 2.24) is 19.9 Å². The Labute approximate surface area is 133 Å². The molecule has 3 rings (SSSR count). The fraction of sp³-hybridized carbons (Fsp3) is 0.400. The van der Waals surface area contributed by atoms with Crippen LogP contribution in [0.1, 0.15) is 22.1 Å². The van der Waals surface area contributed by atoms with E-state index >= 15 is 0 Å². The van der Waals surface area contributed by atoms with Crippen LogP contribution in [0, 0.1) is 6.92 Å². The van der Waals surface area contributed by atoms with E-state index in [2.05, 4.69) is 15.0 Å². The number of hydrogen-bond acceptors (Lipinski definition) is 5. The molecule has 1 aliphatic rings. The predicted molar refractivity (Wildman–Crippen MR) is 81.7 cm³/mol. The van der Waals surface area contributed by atoms with E-state index in [1.54, 1.807) is 11.8 Å². The number of benzene rings is 1. The highest BCUT2D eigenvalue weighted by molar-refractivity contribution is 6.30. The van der Waals surface area contributed by atoms with Gasteiger partial charge in [-0.2, -0.15) is 4.98 Å². The summed E-state index contributed by atoms with van der Waals surface area (Å²) in [6, 6.07) is 7.86. The van der Waals surface area contributed by atoms with Crippen molar-refractivity contribution in [2.24, 2.45) is 0 Å². The molecule has 1 fully saturated rings. The first-order valence-corrected chi connectivity index (χ1v) is 7.56. The van der Waals surface area contributed by atoms with Crippen LogP contribution in [-0.4, -0.2) is 52.0 Å². The van der Waals surface area contributed by atoms with Gasteiger partial charge in [0, 0.05) is 44.7 Å². The zero-order valence-electron chi connectivity index (χ0n) is 12.3. The van der Waals surface area contributed by atoms with Crippen LogP contribution in [0.5, 0.6) is 0 Å². The van der Waals surface area contributed by atoms with E-state index in [0.29, 0.717) is 19.0 Å². The topological polar surface area (TPSA) is 62.5 Å². The summed E-state index contributed by atoms with van der Waals surface area (Å²) in [6.07, 6.45) is 0. The van der Waals surface area contributed by atoms with Crippen LogP contribution in [0.2, 0.25) is 5.02 Å². The van der Waals surface area contributed by atoms with Gasteiger partial charge in [-0.15, -0.1) is 0 Å². The number of halogens is 1. The molecule has 1 aliphatic heterocycles. The number of piperazine rings is 1. The zero-order chi connectivity index (χ0) is 15.5. The second kappa shape index (κ2) is 6.46. The second-order valence-corrected chi connectivity index (χ2v) is 5.77. The van der Waals surface area contributed by atoms with Crippen molar-refractivity contribution in [3.63, 3.8) is 0 Å². The van der Waals surface area contributed by atoms with Gasteiger partial charge in [-0.05, 0) is 17.7 Å². The summed E-state index contributed by atoms with van der Waals surface area (Å²) < 4.78 is 4.86. The number of carbonyl (C=O) groups is 1. The van der Waals surface area contributed by atoms with Crippen LogP contribution >= 0.6 is 11.6 Å². The molecule has 0 unspecified atom stereocenters. The summed E-state index contributed by atoms with van der Waals surface area (Å²) in [5, 5.41) is 4.43. The average Bonchev–Trinajstić information content (AvgIpc) is 2.96. The molecule has 0 aliphatic carbocycles. The summed E-state index contributed by atoms with van der Waals surface area (Å²) in [6.45, 7) is 5.52. The molecule has 1 aromatic carbocycles. The molecule has 116 valence electrons. The number of amides is 1. The van der Waals surface area contributed by atoms with Crippen molar-refractivity contribution in [1.29, 1.82) is 0 Å². The van der Waals surface area contributed by atoms with Gasteiger partial charge in [0.15, 0.2) is 0 Å². The van der Waals surface area contributed by atoms with Gasteiger partial charge in [0.1, 0.15) is 0 Å². The third kappa shape index (κ3) is 3.45. The Kier molecular flexibility index (Phi) is 4.40. The molecule has 1 aromatic heterocycles. The van der Waals surface area contributed by atoms with Crippen LogP contribution < -0.4 is 0 Å².